The SMILES string of the molecule is COCCN(C)c1cc(Oc2ccc(Nc3cc(-c4ccccc4)nc(N)n3)cc2)ccn1. The lowest BCUT2D eigenvalue weighted by Crippen LogP contribution is -2.22. The van der Waals surface area contributed by atoms with E-state index in [2.05, 4.69) is 20.3 Å². The van der Waals surface area contributed by atoms with Gasteiger partial charge in [0, 0.05) is 50.3 Å². The molecule has 0 unspecified atom stereocenters. The van der Waals surface area contributed by atoms with Crippen molar-refractivity contribution in [1.29, 1.82) is 0 Å². The topological polar surface area (TPSA) is 98.4 Å². The van der Waals surface area contributed by atoms with Crippen molar-refractivity contribution in [2.24, 2.45) is 0 Å². The largest absolute Gasteiger partial charge is 0.457 e. The Bertz CT molecular complexity index is 1190. The summed E-state index contributed by atoms with van der Waals surface area (Å²) in [5.41, 5.74) is 8.51. The maximum absolute atomic E-state index is 6.00. The molecule has 0 atom stereocenters. The highest BCUT2D eigenvalue weighted by Crippen LogP contribution is 2.27. The quantitative estimate of drug-likeness (QED) is 0.384. The number of rotatable bonds is 9. The molecule has 168 valence electrons. The molecule has 0 radical (unpaired) electrons. The number of anilines is 4. The third-order valence-electron chi connectivity index (χ3n) is 4.91. The van der Waals surface area contributed by atoms with Gasteiger partial charge in [-0.25, -0.2) is 9.97 Å². The normalized spacial score (nSPS) is 10.6. The fourth-order valence-electron chi connectivity index (χ4n) is 3.19. The number of benzene rings is 2. The molecule has 0 fully saturated rings. The highest BCUT2D eigenvalue weighted by Gasteiger charge is 2.07. The van der Waals surface area contributed by atoms with E-state index in [1.54, 1.807) is 13.3 Å². The van der Waals surface area contributed by atoms with Crippen LogP contribution in [0.4, 0.5) is 23.3 Å². The highest BCUT2D eigenvalue weighted by atomic mass is 16.5. The number of pyridine rings is 1. The smallest absolute Gasteiger partial charge is 0.222 e. The molecule has 0 bridgehead atoms. The molecule has 4 rings (SSSR count). The van der Waals surface area contributed by atoms with Gasteiger partial charge in [0.15, 0.2) is 0 Å². The number of nitrogens with two attached hydrogens (primary N) is 1. The fourth-order valence-corrected chi connectivity index (χ4v) is 3.19. The van der Waals surface area contributed by atoms with E-state index < -0.39 is 0 Å². The number of nitrogen functional groups attached to an aromatic ring is 1. The van der Waals surface area contributed by atoms with Gasteiger partial charge in [0.1, 0.15) is 23.1 Å². The zero-order chi connectivity index (χ0) is 23.0. The van der Waals surface area contributed by atoms with Crippen molar-refractivity contribution in [3.05, 3.63) is 79.0 Å². The monoisotopic (exact) mass is 442 g/mol. The zero-order valence-electron chi connectivity index (χ0n) is 18.6. The third kappa shape index (κ3) is 5.96. The lowest BCUT2D eigenvalue weighted by atomic mass is 10.1. The maximum atomic E-state index is 6.00. The minimum atomic E-state index is 0.211. The predicted octanol–water partition coefficient (Wildman–Crippen LogP) is 4.74. The Morgan fingerprint density at radius 1 is 0.939 bits per heavy atom. The first-order valence-electron chi connectivity index (χ1n) is 10.5. The summed E-state index contributed by atoms with van der Waals surface area (Å²) in [6.07, 6.45) is 1.73. The van der Waals surface area contributed by atoms with Crippen LogP contribution in [0.2, 0.25) is 0 Å². The number of aromatic nitrogens is 3. The van der Waals surface area contributed by atoms with Crippen LogP contribution in [0.25, 0.3) is 11.3 Å². The van der Waals surface area contributed by atoms with Gasteiger partial charge in [-0.15, -0.1) is 0 Å². The van der Waals surface area contributed by atoms with Crippen LogP contribution >= 0.6 is 0 Å². The van der Waals surface area contributed by atoms with Crippen molar-refractivity contribution in [3.63, 3.8) is 0 Å². The molecule has 0 aliphatic carbocycles. The van der Waals surface area contributed by atoms with Crippen LogP contribution in [0.3, 0.4) is 0 Å². The molecule has 0 spiro atoms. The Kier molecular flexibility index (Phi) is 6.96. The second-order valence-corrected chi connectivity index (χ2v) is 7.38. The van der Waals surface area contributed by atoms with Crippen LogP contribution in [0.1, 0.15) is 0 Å². The molecular formula is C25H26N6O2. The summed E-state index contributed by atoms with van der Waals surface area (Å²) in [6, 6.07) is 23.1. The van der Waals surface area contributed by atoms with Crippen molar-refractivity contribution in [1.82, 2.24) is 15.0 Å². The van der Waals surface area contributed by atoms with E-state index in [0.717, 1.165) is 29.3 Å². The van der Waals surface area contributed by atoms with Crippen molar-refractivity contribution in [2.45, 2.75) is 0 Å². The number of methoxy groups -OCH3 is 1. The first-order valence-corrected chi connectivity index (χ1v) is 10.5. The summed E-state index contributed by atoms with van der Waals surface area (Å²) in [7, 11) is 3.65. The molecule has 33 heavy (non-hydrogen) atoms. The van der Waals surface area contributed by atoms with E-state index in [0.29, 0.717) is 23.9 Å². The maximum Gasteiger partial charge on any atom is 0.222 e. The van der Waals surface area contributed by atoms with Gasteiger partial charge >= 0.3 is 0 Å². The van der Waals surface area contributed by atoms with E-state index in [1.807, 2.05) is 84.7 Å². The van der Waals surface area contributed by atoms with E-state index in [1.165, 1.54) is 0 Å². The Morgan fingerprint density at radius 2 is 1.73 bits per heavy atom. The van der Waals surface area contributed by atoms with Gasteiger partial charge in [0.05, 0.1) is 12.3 Å². The van der Waals surface area contributed by atoms with Gasteiger partial charge in [0.2, 0.25) is 5.95 Å². The second-order valence-electron chi connectivity index (χ2n) is 7.38. The third-order valence-corrected chi connectivity index (χ3v) is 4.91. The van der Waals surface area contributed by atoms with E-state index in [4.69, 9.17) is 15.2 Å². The second kappa shape index (κ2) is 10.4. The van der Waals surface area contributed by atoms with Gasteiger partial charge in [-0.2, -0.15) is 4.98 Å². The minimum absolute atomic E-state index is 0.211. The Balaban J connectivity index is 1.44. The number of nitrogens with zero attached hydrogens (tertiary/aromatic N) is 4. The van der Waals surface area contributed by atoms with Crippen LogP contribution in [0, 0.1) is 0 Å². The molecule has 2 aromatic carbocycles. The molecular weight excluding hydrogens is 416 g/mol. The molecule has 4 aromatic rings. The fraction of sp³-hybridized carbons (Fsp3) is 0.160. The molecule has 0 saturated carbocycles. The molecule has 8 heteroatoms. The Hall–Kier alpha value is -4.17. The average Bonchev–Trinajstić information content (AvgIpc) is 2.84. The van der Waals surface area contributed by atoms with Gasteiger partial charge in [0.25, 0.3) is 0 Å². The molecule has 3 N–H and O–H groups in total. The standard InChI is InChI=1S/C25H26N6O2/c1-31(14-15-32-2)24-16-21(12-13-27-24)33-20-10-8-19(9-11-20)28-23-17-22(29-25(26)30-23)18-6-4-3-5-7-18/h3-13,16-17H,14-15H2,1-2H3,(H3,26,28,29,30). The van der Waals surface area contributed by atoms with Crippen molar-refractivity contribution >= 4 is 23.3 Å². The first kappa shape index (κ1) is 22.0. The molecule has 0 amide bonds. The van der Waals surface area contributed by atoms with E-state index >= 15 is 0 Å². The van der Waals surface area contributed by atoms with Crippen molar-refractivity contribution < 1.29 is 9.47 Å². The van der Waals surface area contributed by atoms with Crippen LogP contribution < -0.4 is 20.7 Å². The molecule has 2 aromatic heterocycles. The molecule has 0 aliphatic rings. The lowest BCUT2D eigenvalue weighted by molar-refractivity contribution is 0.206. The number of likely N-dealkylation sites (N-methyl/N-ethyl adjacent to an activating group) is 1. The summed E-state index contributed by atoms with van der Waals surface area (Å²) >= 11 is 0. The minimum Gasteiger partial charge on any atom is -0.457 e. The molecule has 0 saturated heterocycles. The van der Waals surface area contributed by atoms with Gasteiger partial charge in [-0.05, 0) is 30.3 Å². The summed E-state index contributed by atoms with van der Waals surface area (Å²) < 4.78 is 11.1. The molecule has 2 heterocycles. The Labute approximate surface area is 193 Å². The van der Waals surface area contributed by atoms with E-state index in [9.17, 15) is 0 Å². The number of hydrogen-bond acceptors (Lipinski definition) is 8. The molecule has 0 aliphatic heterocycles. The zero-order valence-corrected chi connectivity index (χ0v) is 18.6. The highest BCUT2D eigenvalue weighted by molar-refractivity contribution is 5.67. The lowest BCUT2D eigenvalue weighted by Gasteiger charge is -2.18. The summed E-state index contributed by atoms with van der Waals surface area (Å²) in [5, 5.41) is 3.27. The summed E-state index contributed by atoms with van der Waals surface area (Å²) in [4.78, 5) is 15.0. The van der Waals surface area contributed by atoms with Crippen molar-refractivity contribution in [3.8, 4) is 22.8 Å². The number of hydrogen-bond donors (Lipinski definition) is 2. The Morgan fingerprint density at radius 3 is 2.48 bits per heavy atom. The van der Waals surface area contributed by atoms with Gasteiger partial charge in [-0.1, -0.05) is 30.3 Å². The van der Waals surface area contributed by atoms with Gasteiger partial charge in [-0.3, -0.25) is 0 Å². The van der Waals surface area contributed by atoms with E-state index in [-0.39, 0.29) is 5.95 Å². The number of ether oxygens (including phenoxy) is 2. The summed E-state index contributed by atoms with van der Waals surface area (Å²) in [5.74, 6) is 3.07. The number of nitrogens with one attached hydrogen (secondary N) is 1. The first-order chi connectivity index (χ1) is 16.1. The van der Waals surface area contributed by atoms with Crippen LogP contribution in [-0.4, -0.2) is 42.3 Å². The van der Waals surface area contributed by atoms with Gasteiger partial charge < -0.3 is 25.4 Å². The van der Waals surface area contributed by atoms with Crippen LogP contribution in [0.15, 0.2) is 79.0 Å². The predicted molar refractivity (Wildman–Crippen MR) is 131 cm³/mol. The summed E-state index contributed by atoms with van der Waals surface area (Å²) in [6.45, 7) is 1.37. The van der Waals surface area contributed by atoms with Crippen molar-refractivity contribution in [2.75, 3.05) is 43.3 Å². The van der Waals surface area contributed by atoms with Crippen LogP contribution in [0.5, 0.6) is 11.5 Å². The molecule has 8 nitrogen and oxygen atoms in total. The average molecular weight is 443 g/mol. The van der Waals surface area contributed by atoms with Crippen LogP contribution in [-0.2, 0) is 4.74 Å².